The molecule has 1 heterocycles. The van der Waals surface area contributed by atoms with Gasteiger partial charge in [-0.1, -0.05) is 17.7 Å². The number of carbonyl (C=O) groups is 2. The van der Waals surface area contributed by atoms with Crippen LogP contribution in [0.25, 0.3) is 6.08 Å². The lowest BCUT2D eigenvalue weighted by Crippen LogP contribution is -2.21. The molecule has 0 fully saturated rings. The van der Waals surface area contributed by atoms with E-state index in [9.17, 15) is 22.8 Å². The molecule has 0 bridgehead atoms. The summed E-state index contributed by atoms with van der Waals surface area (Å²) in [6.07, 6.45) is -1.55. The maximum atomic E-state index is 12.6. The Morgan fingerprint density at radius 2 is 1.87 bits per heavy atom. The molecule has 2 rings (SSSR count). The molecule has 0 spiro atoms. The summed E-state index contributed by atoms with van der Waals surface area (Å²) in [5.74, 6) is -0.937. The second kappa shape index (κ2) is 9.97. The molecule has 0 atom stereocenters. The van der Waals surface area contributed by atoms with E-state index in [4.69, 9.17) is 25.8 Å². The van der Waals surface area contributed by atoms with E-state index >= 15 is 0 Å². The number of anilines is 1. The Bertz CT molecular complexity index is 964. The quantitative estimate of drug-likeness (QED) is 0.513. The third kappa shape index (κ3) is 6.38. The third-order valence-electron chi connectivity index (χ3n) is 3.59. The molecule has 0 saturated heterocycles. The minimum atomic E-state index is -4.62. The number of hydrogen-bond donors (Lipinski definition) is 1. The number of ether oxygens (including phenoxy) is 3. The monoisotopic (exact) mass is 444 g/mol. The summed E-state index contributed by atoms with van der Waals surface area (Å²) in [6.45, 7) is -0.686. The highest BCUT2D eigenvalue weighted by molar-refractivity contribution is 6.33. The molecule has 1 amide bonds. The van der Waals surface area contributed by atoms with Crippen molar-refractivity contribution in [2.24, 2.45) is 0 Å². The van der Waals surface area contributed by atoms with Crippen molar-refractivity contribution in [1.82, 2.24) is 4.98 Å². The number of carbonyl (C=O) groups excluding carboxylic acids is 2. The van der Waals surface area contributed by atoms with Crippen LogP contribution in [0.5, 0.6) is 11.5 Å². The minimum absolute atomic E-state index is 0.286. The lowest BCUT2D eigenvalue weighted by molar-refractivity contribution is -0.142. The van der Waals surface area contributed by atoms with E-state index in [1.54, 1.807) is 18.2 Å². The molecular formula is C19H16ClF3N2O5. The fourth-order valence-electron chi connectivity index (χ4n) is 2.16. The van der Waals surface area contributed by atoms with Gasteiger partial charge in [-0.15, -0.1) is 0 Å². The van der Waals surface area contributed by atoms with Crippen molar-refractivity contribution in [1.29, 1.82) is 0 Å². The molecular weight excluding hydrogens is 429 g/mol. The standard InChI is InChI=1S/C19H16ClF3N2O5/c1-28-14-5-3-11(7-15(14)29-2)4-6-17(27)30-10-16(26)25-18-13(20)8-12(9-24-18)19(21,22)23/h3-9H,10H2,1-2H3,(H,24,25,26)/b6-4+. The van der Waals surface area contributed by atoms with E-state index in [1.807, 2.05) is 0 Å². The van der Waals surface area contributed by atoms with Gasteiger partial charge in [0.1, 0.15) is 0 Å². The number of hydrogen-bond acceptors (Lipinski definition) is 6. The Hall–Kier alpha value is -3.27. The second-order valence-electron chi connectivity index (χ2n) is 5.66. The lowest BCUT2D eigenvalue weighted by atomic mass is 10.2. The fraction of sp³-hybridized carbons (Fsp3) is 0.211. The number of methoxy groups -OCH3 is 2. The molecule has 0 radical (unpaired) electrons. The number of nitrogens with zero attached hydrogens (tertiary/aromatic N) is 1. The summed E-state index contributed by atoms with van der Waals surface area (Å²) in [5, 5.41) is 1.76. The molecule has 2 aromatic rings. The molecule has 7 nitrogen and oxygen atoms in total. The predicted molar refractivity (Wildman–Crippen MR) is 102 cm³/mol. The van der Waals surface area contributed by atoms with Crippen LogP contribution in [0, 0.1) is 0 Å². The van der Waals surface area contributed by atoms with Crippen LogP contribution in [0.2, 0.25) is 5.02 Å². The largest absolute Gasteiger partial charge is 0.493 e. The first kappa shape index (κ1) is 23.0. The second-order valence-corrected chi connectivity index (χ2v) is 6.06. The Labute approximate surface area is 174 Å². The highest BCUT2D eigenvalue weighted by atomic mass is 35.5. The fourth-order valence-corrected chi connectivity index (χ4v) is 2.37. The van der Waals surface area contributed by atoms with E-state index in [0.29, 0.717) is 29.3 Å². The molecule has 0 aliphatic rings. The van der Waals surface area contributed by atoms with Crippen LogP contribution in [-0.2, 0) is 20.5 Å². The third-order valence-corrected chi connectivity index (χ3v) is 3.88. The highest BCUT2D eigenvalue weighted by Gasteiger charge is 2.31. The van der Waals surface area contributed by atoms with Crippen LogP contribution in [0.4, 0.5) is 19.0 Å². The lowest BCUT2D eigenvalue weighted by Gasteiger charge is -2.10. The zero-order valence-corrected chi connectivity index (χ0v) is 16.5. The predicted octanol–water partition coefficient (Wildman–Crippen LogP) is 3.97. The summed E-state index contributed by atoms with van der Waals surface area (Å²) < 4.78 is 52.8. The van der Waals surface area contributed by atoms with E-state index in [-0.39, 0.29) is 5.82 Å². The first-order valence-electron chi connectivity index (χ1n) is 8.23. The van der Waals surface area contributed by atoms with Crippen LogP contribution in [-0.4, -0.2) is 37.7 Å². The van der Waals surface area contributed by atoms with Gasteiger partial charge >= 0.3 is 12.1 Å². The van der Waals surface area contributed by atoms with Gasteiger partial charge in [-0.25, -0.2) is 9.78 Å². The SMILES string of the molecule is COc1ccc(/C=C/C(=O)OCC(=O)Nc2ncc(C(F)(F)F)cc2Cl)cc1OC. The Balaban J connectivity index is 1.90. The van der Waals surface area contributed by atoms with Crippen LogP contribution in [0.1, 0.15) is 11.1 Å². The summed E-state index contributed by atoms with van der Waals surface area (Å²) in [4.78, 5) is 27.0. The molecule has 30 heavy (non-hydrogen) atoms. The number of alkyl halides is 3. The van der Waals surface area contributed by atoms with Gasteiger partial charge in [0.15, 0.2) is 23.9 Å². The molecule has 0 aliphatic heterocycles. The molecule has 160 valence electrons. The van der Waals surface area contributed by atoms with Crippen LogP contribution in [0.15, 0.2) is 36.5 Å². The van der Waals surface area contributed by atoms with E-state index in [1.165, 1.54) is 20.3 Å². The van der Waals surface area contributed by atoms with Gasteiger partial charge in [-0.3, -0.25) is 4.79 Å². The van der Waals surface area contributed by atoms with E-state index in [2.05, 4.69) is 10.3 Å². The van der Waals surface area contributed by atoms with Crippen LogP contribution in [0.3, 0.4) is 0 Å². The number of pyridine rings is 1. The maximum absolute atomic E-state index is 12.6. The summed E-state index contributed by atoms with van der Waals surface area (Å²) >= 11 is 5.69. The molecule has 0 saturated carbocycles. The van der Waals surface area contributed by atoms with Gasteiger partial charge in [0, 0.05) is 12.3 Å². The van der Waals surface area contributed by atoms with Gasteiger partial charge < -0.3 is 19.5 Å². The van der Waals surface area contributed by atoms with Crippen molar-refractivity contribution in [2.75, 3.05) is 26.1 Å². The van der Waals surface area contributed by atoms with Gasteiger partial charge in [-0.05, 0) is 29.8 Å². The smallest absolute Gasteiger partial charge is 0.417 e. The number of aromatic nitrogens is 1. The Morgan fingerprint density at radius 1 is 1.17 bits per heavy atom. The Kier molecular flexibility index (Phi) is 7.65. The van der Waals surface area contributed by atoms with Crippen molar-refractivity contribution >= 4 is 35.4 Å². The number of nitrogens with one attached hydrogen (secondary N) is 1. The zero-order valence-electron chi connectivity index (χ0n) is 15.7. The van der Waals surface area contributed by atoms with Crippen molar-refractivity contribution in [3.63, 3.8) is 0 Å². The summed E-state index contributed by atoms with van der Waals surface area (Å²) in [6, 6.07) is 5.59. The average Bonchev–Trinajstić information content (AvgIpc) is 2.71. The van der Waals surface area contributed by atoms with Gasteiger partial charge in [0.05, 0.1) is 24.8 Å². The molecule has 1 N–H and O–H groups in total. The van der Waals surface area contributed by atoms with Crippen molar-refractivity contribution in [2.45, 2.75) is 6.18 Å². The average molecular weight is 445 g/mol. The highest BCUT2D eigenvalue weighted by Crippen LogP contribution is 2.32. The molecule has 1 aromatic carbocycles. The van der Waals surface area contributed by atoms with Crippen molar-refractivity contribution < 1.29 is 37.0 Å². The maximum Gasteiger partial charge on any atom is 0.417 e. The minimum Gasteiger partial charge on any atom is -0.493 e. The van der Waals surface area contributed by atoms with E-state index < -0.39 is 35.2 Å². The van der Waals surface area contributed by atoms with Crippen LogP contribution < -0.4 is 14.8 Å². The first-order chi connectivity index (χ1) is 14.1. The number of benzene rings is 1. The summed E-state index contributed by atoms with van der Waals surface area (Å²) in [7, 11) is 2.96. The number of halogens is 4. The van der Waals surface area contributed by atoms with Gasteiger partial charge in [0.25, 0.3) is 5.91 Å². The van der Waals surface area contributed by atoms with Gasteiger partial charge in [-0.2, -0.15) is 13.2 Å². The normalized spacial score (nSPS) is 11.3. The van der Waals surface area contributed by atoms with E-state index in [0.717, 1.165) is 6.08 Å². The number of amides is 1. The Morgan fingerprint density at radius 3 is 2.47 bits per heavy atom. The number of rotatable bonds is 7. The zero-order chi connectivity index (χ0) is 22.3. The first-order valence-corrected chi connectivity index (χ1v) is 8.61. The van der Waals surface area contributed by atoms with Crippen molar-refractivity contribution in [3.05, 3.63) is 52.7 Å². The molecule has 1 aromatic heterocycles. The molecule has 11 heteroatoms. The molecule has 0 aliphatic carbocycles. The van der Waals surface area contributed by atoms with Crippen LogP contribution >= 0.6 is 11.6 Å². The van der Waals surface area contributed by atoms with Gasteiger partial charge in [0.2, 0.25) is 0 Å². The van der Waals surface area contributed by atoms with Crippen molar-refractivity contribution in [3.8, 4) is 11.5 Å². The topological polar surface area (TPSA) is 86.8 Å². The molecule has 0 unspecified atom stereocenters. The number of esters is 1. The summed E-state index contributed by atoms with van der Waals surface area (Å²) in [5.41, 5.74) is -0.438.